The van der Waals surface area contributed by atoms with Crippen LogP contribution in [0.1, 0.15) is 36.6 Å². The van der Waals surface area contributed by atoms with E-state index in [1.165, 1.54) is 30.6 Å². The molecule has 1 aliphatic carbocycles. The van der Waals surface area contributed by atoms with Crippen molar-refractivity contribution in [2.24, 2.45) is 5.92 Å². The molecule has 1 heterocycles. The Morgan fingerprint density at radius 3 is 2.67 bits per heavy atom. The van der Waals surface area contributed by atoms with Crippen molar-refractivity contribution in [2.45, 2.75) is 31.7 Å². The molecule has 1 fully saturated rings. The molecule has 1 saturated carbocycles. The molecule has 0 aromatic carbocycles. The third kappa shape index (κ3) is 2.80. The van der Waals surface area contributed by atoms with Gasteiger partial charge in [0.2, 0.25) is 0 Å². The molecule has 0 spiro atoms. The molecule has 3 heteroatoms. The number of thiophene rings is 1. The highest BCUT2D eigenvalue weighted by Gasteiger charge is 2.27. The molecule has 84 valence electrons. The molecule has 2 rings (SSSR count). The van der Waals surface area contributed by atoms with Crippen molar-refractivity contribution in [2.75, 3.05) is 14.1 Å². The Morgan fingerprint density at radius 2 is 2.13 bits per heavy atom. The normalized spacial score (nSPS) is 19.9. The zero-order chi connectivity index (χ0) is 10.7. The van der Waals surface area contributed by atoms with Crippen LogP contribution in [-0.2, 0) is 0 Å². The van der Waals surface area contributed by atoms with Gasteiger partial charge in [-0.05, 0) is 30.2 Å². The molecule has 0 bridgehead atoms. The first kappa shape index (κ1) is 11.1. The van der Waals surface area contributed by atoms with Crippen molar-refractivity contribution in [3.63, 3.8) is 0 Å². The first-order valence-electron chi connectivity index (χ1n) is 5.74. The van der Waals surface area contributed by atoms with Crippen LogP contribution in [0.5, 0.6) is 0 Å². The van der Waals surface area contributed by atoms with Crippen LogP contribution in [0.4, 0.5) is 0 Å². The highest BCUT2D eigenvalue weighted by Crippen LogP contribution is 2.37. The zero-order valence-corrected chi connectivity index (χ0v) is 10.4. The van der Waals surface area contributed by atoms with Gasteiger partial charge < -0.3 is 0 Å². The standard InChI is InChI=1S/C12H20N2S/c1-14(2)13-12(10-6-3-4-7-10)11-8-5-9-15-11/h5,8-10,12-13H,3-4,6-7H2,1-2H3. The fourth-order valence-electron chi connectivity index (χ4n) is 2.44. The number of rotatable bonds is 4. The molecule has 2 nitrogen and oxygen atoms in total. The molecule has 0 radical (unpaired) electrons. The second kappa shape index (κ2) is 5.10. The number of hydrogen-bond donors (Lipinski definition) is 1. The molecule has 1 aromatic rings. The second-order valence-electron chi connectivity index (χ2n) is 4.56. The number of hydrogen-bond acceptors (Lipinski definition) is 3. The predicted molar refractivity (Wildman–Crippen MR) is 65.8 cm³/mol. The van der Waals surface area contributed by atoms with E-state index in [0.29, 0.717) is 6.04 Å². The monoisotopic (exact) mass is 224 g/mol. The van der Waals surface area contributed by atoms with E-state index in [1.54, 1.807) is 0 Å². The molecule has 1 aliphatic rings. The topological polar surface area (TPSA) is 15.3 Å². The summed E-state index contributed by atoms with van der Waals surface area (Å²) in [5.41, 5.74) is 3.57. The van der Waals surface area contributed by atoms with Crippen LogP contribution in [0, 0.1) is 5.92 Å². The third-order valence-electron chi connectivity index (χ3n) is 3.12. The van der Waals surface area contributed by atoms with Crippen molar-refractivity contribution in [1.29, 1.82) is 0 Å². The molecule has 0 saturated heterocycles. The van der Waals surface area contributed by atoms with Crippen LogP contribution >= 0.6 is 11.3 Å². The van der Waals surface area contributed by atoms with Gasteiger partial charge in [-0.15, -0.1) is 11.3 Å². The highest BCUT2D eigenvalue weighted by molar-refractivity contribution is 7.10. The van der Waals surface area contributed by atoms with Gasteiger partial charge in [0.15, 0.2) is 0 Å². The van der Waals surface area contributed by atoms with E-state index >= 15 is 0 Å². The Kier molecular flexibility index (Phi) is 3.78. The van der Waals surface area contributed by atoms with Gasteiger partial charge in [-0.3, -0.25) is 0 Å². The third-order valence-corrected chi connectivity index (χ3v) is 4.07. The molecule has 1 atom stereocenters. The smallest absolute Gasteiger partial charge is 0.0585 e. The second-order valence-corrected chi connectivity index (χ2v) is 5.54. The van der Waals surface area contributed by atoms with Gasteiger partial charge in [0.1, 0.15) is 0 Å². The lowest BCUT2D eigenvalue weighted by Gasteiger charge is -2.27. The molecule has 0 aliphatic heterocycles. The van der Waals surface area contributed by atoms with E-state index in [2.05, 4.69) is 42.0 Å². The summed E-state index contributed by atoms with van der Waals surface area (Å²) in [6.45, 7) is 0. The summed E-state index contributed by atoms with van der Waals surface area (Å²) in [6.07, 6.45) is 5.57. The minimum Gasteiger partial charge on any atom is -0.250 e. The van der Waals surface area contributed by atoms with Gasteiger partial charge in [-0.2, -0.15) is 0 Å². The lowest BCUT2D eigenvalue weighted by atomic mass is 9.97. The lowest BCUT2D eigenvalue weighted by molar-refractivity contribution is 0.200. The Balaban J connectivity index is 2.08. The number of nitrogens with zero attached hydrogens (tertiary/aromatic N) is 1. The fourth-order valence-corrected chi connectivity index (χ4v) is 3.30. The van der Waals surface area contributed by atoms with E-state index < -0.39 is 0 Å². The highest BCUT2D eigenvalue weighted by atomic mass is 32.1. The predicted octanol–water partition coefficient (Wildman–Crippen LogP) is 3.05. The van der Waals surface area contributed by atoms with E-state index in [-0.39, 0.29) is 0 Å². The van der Waals surface area contributed by atoms with Gasteiger partial charge in [0.05, 0.1) is 6.04 Å². The van der Waals surface area contributed by atoms with Crippen molar-refractivity contribution in [1.82, 2.24) is 10.4 Å². The summed E-state index contributed by atoms with van der Waals surface area (Å²) in [5, 5.41) is 4.26. The largest absolute Gasteiger partial charge is 0.250 e. The van der Waals surface area contributed by atoms with E-state index in [1.807, 2.05) is 11.3 Å². The van der Waals surface area contributed by atoms with Crippen LogP contribution in [-0.4, -0.2) is 19.1 Å². The average Bonchev–Trinajstić information content (AvgIpc) is 2.87. The molecule has 0 amide bonds. The van der Waals surface area contributed by atoms with Gasteiger partial charge in [-0.1, -0.05) is 18.9 Å². The average molecular weight is 224 g/mol. The van der Waals surface area contributed by atoms with Crippen molar-refractivity contribution in [3.8, 4) is 0 Å². The van der Waals surface area contributed by atoms with Crippen LogP contribution in [0.25, 0.3) is 0 Å². The number of nitrogens with one attached hydrogen (secondary N) is 1. The Morgan fingerprint density at radius 1 is 1.40 bits per heavy atom. The summed E-state index contributed by atoms with van der Waals surface area (Å²) in [7, 11) is 4.16. The van der Waals surface area contributed by atoms with Crippen molar-refractivity contribution < 1.29 is 0 Å². The van der Waals surface area contributed by atoms with Gasteiger partial charge >= 0.3 is 0 Å². The van der Waals surface area contributed by atoms with Gasteiger partial charge in [0.25, 0.3) is 0 Å². The molecular formula is C12H20N2S. The Labute approximate surface area is 96.3 Å². The molecule has 1 unspecified atom stereocenters. The Bertz CT molecular complexity index is 276. The minimum absolute atomic E-state index is 0.530. The molecule has 15 heavy (non-hydrogen) atoms. The van der Waals surface area contributed by atoms with Crippen LogP contribution in [0.2, 0.25) is 0 Å². The SMILES string of the molecule is CN(C)NC(c1cccs1)C1CCCC1. The zero-order valence-electron chi connectivity index (χ0n) is 9.57. The maximum Gasteiger partial charge on any atom is 0.0585 e. The summed E-state index contributed by atoms with van der Waals surface area (Å²) >= 11 is 1.87. The summed E-state index contributed by atoms with van der Waals surface area (Å²) in [6, 6.07) is 4.94. The first-order chi connectivity index (χ1) is 7.27. The Hall–Kier alpha value is -0.380. The maximum absolute atomic E-state index is 3.57. The van der Waals surface area contributed by atoms with Crippen LogP contribution in [0.15, 0.2) is 17.5 Å². The van der Waals surface area contributed by atoms with E-state index in [9.17, 15) is 0 Å². The maximum atomic E-state index is 3.57. The fraction of sp³-hybridized carbons (Fsp3) is 0.667. The quantitative estimate of drug-likeness (QED) is 0.791. The van der Waals surface area contributed by atoms with Crippen LogP contribution in [0.3, 0.4) is 0 Å². The van der Waals surface area contributed by atoms with Crippen molar-refractivity contribution >= 4 is 11.3 Å². The van der Waals surface area contributed by atoms with Crippen molar-refractivity contribution in [3.05, 3.63) is 22.4 Å². The minimum atomic E-state index is 0.530. The first-order valence-corrected chi connectivity index (χ1v) is 6.62. The molecule has 1 N–H and O–H groups in total. The molecule has 1 aromatic heterocycles. The van der Waals surface area contributed by atoms with Crippen LogP contribution < -0.4 is 5.43 Å². The van der Waals surface area contributed by atoms with Gasteiger partial charge in [0, 0.05) is 19.0 Å². The van der Waals surface area contributed by atoms with E-state index in [4.69, 9.17) is 0 Å². The van der Waals surface area contributed by atoms with E-state index in [0.717, 1.165) is 5.92 Å². The summed E-state index contributed by atoms with van der Waals surface area (Å²) in [4.78, 5) is 1.48. The number of hydrazine groups is 1. The summed E-state index contributed by atoms with van der Waals surface area (Å²) in [5.74, 6) is 0.825. The summed E-state index contributed by atoms with van der Waals surface area (Å²) < 4.78 is 0. The lowest BCUT2D eigenvalue weighted by Crippen LogP contribution is -2.37. The van der Waals surface area contributed by atoms with Gasteiger partial charge in [-0.25, -0.2) is 10.4 Å². The molecular weight excluding hydrogens is 204 g/mol.